The van der Waals surface area contributed by atoms with E-state index in [4.69, 9.17) is 15.0 Å². The van der Waals surface area contributed by atoms with Crippen LogP contribution in [0, 0.1) is 0 Å². The molecule has 0 bridgehead atoms. The molecular formula is C11H19N3O4. The summed E-state index contributed by atoms with van der Waals surface area (Å²) in [6, 6.07) is 0. The Morgan fingerprint density at radius 1 is 1.11 bits per heavy atom. The number of esters is 2. The molecule has 0 aromatic heterocycles. The molecule has 0 radical (unpaired) electrons. The van der Waals surface area contributed by atoms with Gasteiger partial charge in [0.1, 0.15) is 12.2 Å². The summed E-state index contributed by atoms with van der Waals surface area (Å²) in [5, 5.41) is 3.37. The summed E-state index contributed by atoms with van der Waals surface area (Å²) in [5.74, 6) is -0.792. The number of azide groups is 1. The van der Waals surface area contributed by atoms with Crippen LogP contribution in [0.15, 0.2) is 5.11 Å². The lowest BCUT2D eigenvalue weighted by Gasteiger charge is -2.24. The molecule has 0 heterocycles. The number of nitrogens with zero attached hydrogens (tertiary/aromatic N) is 3. The van der Waals surface area contributed by atoms with Gasteiger partial charge in [-0.2, -0.15) is 0 Å². The molecule has 0 aromatic rings. The van der Waals surface area contributed by atoms with Gasteiger partial charge in [0.2, 0.25) is 0 Å². The van der Waals surface area contributed by atoms with Crippen molar-refractivity contribution in [1.29, 1.82) is 0 Å². The SMILES string of the molecule is CCC(=O)O[C@@H](CC)[C@H](CN=[N+]=[N-])OC(=O)CC. The minimum Gasteiger partial charge on any atom is -0.458 e. The third kappa shape index (κ3) is 6.10. The highest BCUT2D eigenvalue weighted by Gasteiger charge is 2.26. The Labute approximate surface area is 106 Å². The van der Waals surface area contributed by atoms with Crippen molar-refractivity contribution < 1.29 is 19.1 Å². The predicted octanol–water partition coefficient (Wildman–Crippen LogP) is 2.35. The van der Waals surface area contributed by atoms with Crippen molar-refractivity contribution in [2.24, 2.45) is 5.11 Å². The van der Waals surface area contributed by atoms with E-state index in [0.717, 1.165) is 0 Å². The van der Waals surface area contributed by atoms with Crippen LogP contribution in [0.1, 0.15) is 40.0 Å². The Morgan fingerprint density at radius 2 is 1.61 bits per heavy atom. The van der Waals surface area contributed by atoms with Gasteiger partial charge in [-0.25, -0.2) is 0 Å². The summed E-state index contributed by atoms with van der Waals surface area (Å²) >= 11 is 0. The Morgan fingerprint density at radius 3 is 2.00 bits per heavy atom. The fraction of sp³-hybridized carbons (Fsp3) is 0.818. The van der Waals surface area contributed by atoms with Crippen molar-refractivity contribution >= 4 is 11.9 Å². The molecule has 7 heteroatoms. The van der Waals surface area contributed by atoms with Gasteiger partial charge in [-0.1, -0.05) is 25.9 Å². The molecule has 102 valence electrons. The molecule has 7 nitrogen and oxygen atoms in total. The maximum absolute atomic E-state index is 11.3. The second-order valence-corrected chi connectivity index (χ2v) is 3.59. The Kier molecular flexibility index (Phi) is 8.39. The molecule has 0 saturated carbocycles. The van der Waals surface area contributed by atoms with E-state index in [1.165, 1.54) is 0 Å². The molecule has 0 aromatic carbocycles. The number of carbonyl (C=O) groups is 2. The van der Waals surface area contributed by atoms with Gasteiger partial charge in [-0.3, -0.25) is 9.59 Å². The highest BCUT2D eigenvalue weighted by Crippen LogP contribution is 2.12. The summed E-state index contributed by atoms with van der Waals surface area (Å²) in [6.07, 6.45) is -0.376. The van der Waals surface area contributed by atoms with E-state index in [0.29, 0.717) is 6.42 Å². The third-order valence-corrected chi connectivity index (χ3v) is 2.28. The third-order valence-electron chi connectivity index (χ3n) is 2.28. The molecule has 0 N–H and O–H groups in total. The molecule has 0 rings (SSSR count). The average molecular weight is 257 g/mol. The number of hydrogen-bond donors (Lipinski definition) is 0. The fourth-order valence-electron chi connectivity index (χ4n) is 1.27. The molecule has 0 unspecified atom stereocenters. The van der Waals surface area contributed by atoms with E-state index < -0.39 is 18.2 Å². The number of ether oxygens (including phenoxy) is 2. The first-order valence-electron chi connectivity index (χ1n) is 5.98. The van der Waals surface area contributed by atoms with Crippen LogP contribution in [-0.4, -0.2) is 30.7 Å². The van der Waals surface area contributed by atoms with Gasteiger partial charge in [0.25, 0.3) is 0 Å². The van der Waals surface area contributed by atoms with Crippen LogP contribution in [0.5, 0.6) is 0 Å². The quantitative estimate of drug-likeness (QED) is 0.288. The predicted molar refractivity (Wildman–Crippen MR) is 64.6 cm³/mol. The van der Waals surface area contributed by atoms with E-state index in [-0.39, 0.29) is 25.4 Å². The van der Waals surface area contributed by atoms with E-state index in [9.17, 15) is 9.59 Å². The van der Waals surface area contributed by atoms with Gasteiger partial charge in [0, 0.05) is 17.8 Å². The van der Waals surface area contributed by atoms with Crippen LogP contribution >= 0.6 is 0 Å². The largest absolute Gasteiger partial charge is 0.458 e. The molecule has 0 aliphatic carbocycles. The first-order chi connectivity index (χ1) is 8.58. The standard InChI is InChI=1S/C11H19N3O4/c1-4-8(17-10(15)5-2)9(7-13-14-12)18-11(16)6-3/h8-9H,4-7H2,1-3H3/t8-,9-/m0/s1. The lowest BCUT2D eigenvalue weighted by molar-refractivity contribution is -0.167. The smallest absolute Gasteiger partial charge is 0.305 e. The Hall–Kier alpha value is -1.75. The molecule has 0 aliphatic rings. The summed E-state index contributed by atoms with van der Waals surface area (Å²) in [7, 11) is 0. The van der Waals surface area contributed by atoms with Crippen molar-refractivity contribution in [3.8, 4) is 0 Å². The van der Waals surface area contributed by atoms with Gasteiger partial charge >= 0.3 is 11.9 Å². The number of carbonyl (C=O) groups excluding carboxylic acids is 2. The van der Waals surface area contributed by atoms with Crippen LogP contribution in [0.2, 0.25) is 0 Å². The minimum absolute atomic E-state index is 0.0439. The zero-order valence-corrected chi connectivity index (χ0v) is 11.0. The molecule has 2 atom stereocenters. The molecule has 0 fully saturated rings. The zero-order valence-electron chi connectivity index (χ0n) is 11.0. The van der Waals surface area contributed by atoms with Crippen LogP contribution in [0.4, 0.5) is 0 Å². The first-order valence-corrected chi connectivity index (χ1v) is 5.98. The van der Waals surface area contributed by atoms with Crippen molar-refractivity contribution in [1.82, 2.24) is 0 Å². The molecule has 0 amide bonds. The van der Waals surface area contributed by atoms with Crippen molar-refractivity contribution in [3.05, 3.63) is 10.4 Å². The van der Waals surface area contributed by atoms with Gasteiger partial charge in [-0.05, 0) is 12.0 Å². The summed E-state index contributed by atoms with van der Waals surface area (Å²) in [5.41, 5.74) is 8.30. The number of hydrogen-bond acceptors (Lipinski definition) is 5. The highest BCUT2D eigenvalue weighted by atomic mass is 16.6. The van der Waals surface area contributed by atoms with Gasteiger partial charge in [0.05, 0.1) is 6.54 Å². The van der Waals surface area contributed by atoms with Crippen LogP contribution < -0.4 is 0 Å². The van der Waals surface area contributed by atoms with Crippen LogP contribution in [0.3, 0.4) is 0 Å². The summed E-state index contributed by atoms with van der Waals surface area (Å²) in [6.45, 7) is 5.09. The lowest BCUT2D eigenvalue weighted by atomic mass is 10.1. The van der Waals surface area contributed by atoms with Crippen molar-refractivity contribution in [3.63, 3.8) is 0 Å². The van der Waals surface area contributed by atoms with Crippen LogP contribution in [-0.2, 0) is 19.1 Å². The van der Waals surface area contributed by atoms with E-state index in [1.807, 2.05) is 0 Å². The lowest BCUT2D eigenvalue weighted by Crippen LogP contribution is -2.36. The summed E-state index contributed by atoms with van der Waals surface area (Å²) < 4.78 is 10.3. The molecule has 0 aliphatic heterocycles. The normalized spacial score (nSPS) is 13.1. The van der Waals surface area contributed by atoms with Gasteiger partial charge in [-0.15, -0.1) is 0 Å². The minimum atomic E-state index is -0.728. The zero-order chi connectivity index (χ0) is 14.0. The second-order valence-electron chi connectivity index (χ2n) is 3.59. The summed E-state index contributed by atoms with van der Waals surface area (Å²) in [4.78, 5) is 25.1. The number of rotatable bonds is 8. The average Bonchev–Trinajstić information content (AvgIpc) is 2.40. The van der Waals surface area contributed by atoms with Crippen molar-refractivity contribution in [2.45, 2.75) is 52.2 Å². The molecular weight excluding hydrogens is 238 g/mol. The van der Waals surface area contributed by atoms with Crippen molar-refractivity contribution in [2.75, 3.05) is 6.54 Å². The highest BCUT2D eigenvalue weighted by molar-refractivity contribution is 5.70. The Bertz CT molecular complexity index is 326. The monoisotopic (exact) mass is 257 g/mol. The van der Waals surface area contributed by atoms with Gasteiger partial charge in [0.15, 0.2) is 0 Å². The topological polar surface area (TPSA) is 101 Å². The van der Waals surface area contributed by atoms with E-state index in [1.54, 1.807) is 20.8 Å². The second kappa shape index (κ2) is 9.30. The molecule has 0 spiro atoms. The Balaban J connectivity index is 4.70. The van der Waals surface area contributed by atoms with E-state index >= 15 is 0 Å². The molecule has 18 heavy (non-hydrogen) atoms. The molecule has 0 saturated heterocycles. The van der Waals surface area contributed by atoms with Crippen LogP contribution in [0.25, 0.3) is 10.4 Å². The maximum atomic E-state index is 11.3. The fourth-order valence-corrected chi connectivity index (χ4v) is 1.27. The van der Waals surface area contributed by atoms with Gasteiger partial charge < -0.3 is 9.47 Å². The van der Waals surface area contributed by atoms with E-state index in [2.05, 4.69) is 10.0 Å². The first kappa shape index (κ1) is 16.2. The maximum Gasteiger partial charge on any atom is 0.305 e.